The van der Waals surface area contributed by atoms with Gasteiger partial charge < -0.3 is 4.55 Å². The first-order chi connectivity index (χ1) is 5.93. The highest BCUT2D eigenvalue weighted by Crippen LogP contribution is 2.26. The van der Waals surface area contributed by atoms with Crippen LogP contribution < -0.4 is 0 Å². The Morgan fingerprint density at radius 2 is 1.77 bits per heavy atom. The van der Waals surface area contributed by atoms with E-state index in [1.165, 1.54) is 0 Å². The smallest absolute Gasteiger partial charge is 0.0286 e. The highest BCUT2D eigenvalue weighted by atomic mass is 32.2. The van der Waals surface area contributed by atoms with Crippen LogP contribution in [0.25, 0.3) is 0 Å². The van der Waals surface area contributed by atoms with Crippen molar-refractivity contribution in [3.05, 3.63) is 29.8 Å². The van der Waals surface area contributed by atoms with Crippen LogP contribution >= 0.6 is 0 Å². The van der Waals surface area contributed by atoms with Gasteiger partial charge in [-0.05, 0) is 28.1 Å². The number of benzene rings is 1. The van der Waals surface area contributed by atoms with Gasteiger partial charge in [0.05, 0.1) is 0 Å². The second-order valence-electron chi connectivity index (χ2n) is 3.98. The molecule has 0 aromatic heterocycles. The Kier molecular flexibility index (Phi) is 2.88. The Hall–Kier alpha value is -0.670. The number of rotatable bonds is 1. The summed E-state index contributed by atoms with van der Waals surface area (Å²) in [5, 5.41) is 0. The summed E-state index contributed by atoms with van der Waals surface area (Å²) >= 11 is -2.14. The summed E-state index contributed by atoms with van der Waals surface area (Å²) in [5.41, 5.74) is 0.736. The molecule has 0 fully saturated rings. The molecule has 0 heterocycles. The van der Waals surface area contributed by atoms with Crippen LogP contribution in [0, 0.1) is 0 Å². The Labute approximate surface area is 81.3 Å². The lowest BCUT2D eigenvalue weighted by atomic mass is 9.87. The van der Waals surface area contributed by atoms with Crippen molar-refractivity contribution < 1.29 is 8.76 Å². The van der Waals surface area contributed by atoms with Crippen molar-refractivity contribution in [2.45, 2.75) is 31.1 Å². The van der Waals surface area contributed by atoms with Crippen LogP contribution in [-0.2, 0) is 16.5 Å². The van der Waals surface area contributed by atoms with Crippen LogP contribution in [0.3, 0.4) is 0 Å². The summed E-state index contributed by atoms with van der Waals surface area (Å²) in [7, 11) is 0. The van der Waals surface area contributed by atoms with Crippen molar-refractivity contribution in [1.82, 2.24) is 0 Å². The van der Waals surface area contributed by atoms with Crippen molar-refractivity contribution in [2.75, 3.05) is 0 Å². The maximum Gasteiger partial charge on any atom is 0.0286 e. The lowest BCUT2D eigenvalue weighted by Gasteiger charge is -2.23. The molecule has 3 heteroatoms. The first-order valence-corrected chi connectivity index (χ1v) is 5.19. The van der Waals surface area contributed by atoms with Gasteiger partial charge in [-0.25, -0.2) is 0 Å². The standard InChI is InChI=1S/C10H14O2S/c1-10(2,3)8-6-4-5-7-9(8)13(11)12/h4-7H,1-3H3,(H,11,12)/p-1. The molecular formula is C10H13O2S-. The maximum atomic E-state index is 10.9. The molecule has 1 rings (SSSR count). The predicted octanol–water partition coefficient (Wildman–Crippen LogP) is 2.22. The fourth-order valence-electron chi connectivity index (χ4n) is 1.23. The molecule has 0 saturated heterocycles. The minimum absolute atomic E-state index is 0.128. The second-order valence-corrected chi connectivity index (χ2v) is 4.89. The first kappa shape index (κ1) is 10.4. The molecule has 1 aromatic carbocycles. The van der Waals surface area contributed by atoms with Crippen LogP contribution in [0.5, 0.6) is 0 Å². The van der Waals surface area contributed by atoms with E-state index in [1.54, 1.807) is 12.1 Å². The van der Waals surface area contributed by atoms with E-state index in [4.69, 9.17) is 0 Å². The summed E-state index contributed by atoms with van der Waals surface area (Å²) in [5.74, 6) is 0. The molecule has 0 saturated carbocycles. The zero-order valence-corrected chi connectivity index (χ0v) is 8.85. The first-order valence-electron chi connectivity index (χ1n) is 4.11. The van der Waals surface area contributed by atoms with Crippen LogP contribution in [0.1, 0.15) is 26.3 Å². The molecule has 13 heavy (non-hydrogen) atoms. The van der Waals surface area contributed by atoms with Crippen LogP contribution in [0.15, 0.2) is 29.2 Å². The van der Waals surface area contributed by atoms with Crippen LogP contribution in [-0.4, -0.2) is 8.76 Å². The molecule has 0 aliphatic heterocycles. The highest BCUT2D eigenvalue weighted by molar-refractivity contribution is 7.79. The van der Waals surface area contributed by atoms with Gasteiger partial charge in [0.25, 0.3) is 0 Å². The minimum Gasteiger partial charge on any atom is -0.768 e. The Morgan fingerprint density at radius 3 is 2.15 bits per heavy atom. The second kappa shape index (κ2) is 3.60. The Morgan fingerprint density at radius 1 is 1.23 bits per heavy atom. The molecule has 0 spiro atoms. The largest absolute Gasteiger partial charge is 0.768 e. The molecule has 72 valence electrons. The van der Waals surface area contributed by atoms with E-state index in [1.807, 2.05) is 32.9 Å². The average molecular weight is 197 g/mol. The van der Waals surface area contributed by atoms with Crippen LogP contribution in [0.2, 0.25) is 0 Å². The third kappa shape index (κ3) is 2.39. The quantitative estimate of drug-likeness (QED) is 0.648. The minimum atomic E-state index is -2.14. The van der Waals surface area contributed by atoms with E-state index >= 15 is 0 Å². The fourth-order valence-corrected chi connectivity index (χ4v) is 1.98. The Balaban J connectivity index is 3.28. The third-order valence-corrected chi connectivity index (χ3v) is 2.59. The lowest BCUT2D eigenvalue weighted by Crippen LogP contribution is -2.14. The van der Waals surface area contributed by atoms with Crippen LogP contribution in [0.4, 0.5) is 0 Å². The van der Waals surface area contributed by atoms with Gasteiger partial charge in [0.15, 0.2) is 0 Å². The molecule has 0 aliphatic rings. The molecule has 0 amide bonds. The zero-order chi connectivity index (χ0) is 10.1. The molecule has 2 nitrogen and oxygen atoms in total. The van der Waals surface area contributed by atoms with Gasteiger partial charge in [-0.1, -0.05) is 39.0 Å². The van der Waals surface area contributed by atoms with Crippen molar-refractivity contribution in [2.24, 2.45) is 0 Å². The lowest BCUT2D eigenvalue weighted by molar-refractivity contribution is 0.525. The molecule has 1 unspecified atom stereocenters. The Bertz CT molecular complexity index is 326. The molecule has 1 aromatic rings. The highest BCUT2D eigenvalue weighted by Gasteiger charge is 2.17. The van der Waals surface area contributed by atoms with E-state index < -0.39 is 11.1 Å². The summed E-state index contributed by atoms with van der Waals surface area (Å²) in [4.78, 5) is 0.398. The monoisotopic (exact) mass is 197 g/mol. The fraction of sp³-hybridized carbons (Fsp3) is 0.400. The van der Waals surface area contributed by atoms with E-state index in [-0.39, 0.29) is 5.41 Å². The predicted molar refractivity (Wildman–Crippen MR) is 52.3 cm³/mol. The average Bonchev–Trinajstić information content (AvgIpc) is 2.03. The van der Waals surface area contributed by atoms with Crippen molar-refractivity contribution >= 4 is 11.1 Å². The molecular weight excluding hydrogens is 184 g/mol. The van der Waals surface area contributed by atoms with E-state index in [0.717, 1.165) is 5.56 Å². The van der Waals surface area contributed by atoms with Gasteiger partial charge in [-0.15, -0.1) is 0 Å². The summed E-state index contributed by atoms with van der Waals surface area (Å²) in [6, 6.07) is 7.08. The van der Waals surface area contributed by atoms with E-state index in [0.29, 0.717) is 4.90 Å². The third-order valence-electron chi connectivity index (χ3n) is 1.87. The topological polar surface area (TPSA) is 40.1 Å². The molecule has 0 bridgehead atoms. The van der Waals surface area contributed by atoms with Gasteiger partial charge in [-0.2, -0.15) is 0 Å². The van der Waals surface area contributed by atoms with Crippen molar-refractivity contribution in [3.8, 4) is 0 Å². The molecule has 1 atom stereocenters. The van der Waals surface area contributed by atoms with Gasteiger partial charge in [0, 0.05) is 4.90 Å². The van der Waals surface area contributed by atoms with Gasteiger partial charge >= 0.3 is 0 Å². The van der Waals surface area contributed by atoms with Gasteiger partial charge in [-0.3, -0.25) is 4.21 Å². The van der Waals surface area contributed by atoms with Crippen molar-refractivity contribution in [3.63, 3.8) is 0 Å². The van der Waals surface area contributed by atoms with Gasteiger partial charge in [0.1, 0.15) is 0 Å². The molecule has 0 aliphatic carbocycles. The van der Waals surface area contributed by atoms with Crippen molar-refractivity contribution in [1.29, 1.82) is 0 Å². The SMILES string of the molecule is CC(C)(C)c1ccccc1S(=O)[O-]. The van der Waals surface area contributed by atoms with E-state index in [9.17, 15) is 8.76 Å². The zero-order valence-electron chi connectivity index (χ0n) is 8.03. The molecule has 0 radical (unpaired) electrons. The van der Waals surface area contributed by atoms with E-state index in [2.05, 4.69) is 0 Å². The summed E-state index contributed by atoms with van der Waals surface area (Å²) < 4.78 is 21.7. The summed E-state index contributed by atoms with van der Waals surface area (Å²) in [6.45, 7) is 6.00. The number of hydrogen-bond donors (Lipinski definition) is 0. The van der Waals surface area contributed by atoms with Gasteiger partial charge in [0.2, 0.25) is 0 Å². The molecule has 0 N–H and O–H groups in total. The normalized spacial score (nSPS) is 14.2. The number of hydrogen-bond acceptors (Lipinski definition) is 2. The maximum absolute atomic E-state index is 10.9. The summed E-state index contributed by atoms with van der Waals surface area (Å²) in [6.07, 6.45) is 0.